The number of hydrogen-bond acceptors (Lipinski definition) is 5. The lowest BCUT2D eigenvalue weighted by molar-refractivity contribution is -0.138. The Kier molecular flexibility index (Phi) is 6.69. The zero-order chi connectivity index (χ0) is 25.1. The summed E-state index contributed by atoms with van der Waals surface area (Å²) in [7, 11) is 0. The SMILES string of the molecule is FC(F)(F)c1cc(NCc2coc(-c3cc4cc(Cl)ccc4[nH]3)n2)ccc1CCCCn1ccnn1. The molecule has 186 valence electrons. The molecule has 0 unspecified atom stereocenters. The highest BCUT2D eigenvalue weighted by atomic mass is 35.5. The number of nitrogens with one attached hydrogen (secondary N) is 2. The molecule has 11 heteroatoms. The van der Waals surface area contributed by atoms with Crippen LogP contribution in [0.15, 0.2) is 65.5 Å². The van der Waals surface area contributed by atoms with E-state index in [4.69, 9.17) is 16.0 Å². The van der Waals surface area contributed by atoms with E-state index in [2.05, 4.69) is 25.6 Å². The van der Waals surface area contributed by atoms with Gasteiger partial charge in [0.25, 0.3) is 0 Å². The van der Waals surface area contributed by atoms with Crippen LogP contribution >= 0.6 is 11.6 Å². The summed E-state index contributed by atoms with van der Waals surface area (Å²) in [5.41, 5.74) is 2.14. The number of halogens is 4. The molecule has 0 aliphatic carbocycles. The number of aromatic nitrogens is 5. The Morgan fingerprint density at radius 1 is 1.08 bits per heavy atom. The molecule has 0 amide bonds. The van der Waals surface area contributed by atoms with Crippen molar-refractivity contribution in [2.75, 3.05) is 5.32 Å². The van der Waals surface area contributed by atoms with Gasteiger partial charge in [-0.2, -0.15) is 13.2 Å². The molecule has 3 aromatic heterocycles. The Bertz CT molecular complexity index is 1460. The van der Waals surface area contributed by atoms with Gasteiger partial charge in [0.15, 0.2) is 0 Å². The molecule has 0 bridgehead atoms. The highest BCUT2D eigenvalue weighted by Gasteiger charge is 2.33. The van der Waals surface area contributed by atoms with Crippen molar-refractivity contribution in [1.82, 2.24) is 25.0 Å². The minimum atomic E-state index is -4.45. The smallest absolute Gasteiger partial charge is 0.416 e. The standard InChI is InChI=1S/C25H22ClF3N6O/c26-18-5-7-22-17(11-18)12-23(33-22)24-32-20(15-36-24)14-30-19-6-4-16(21(13-19)25(27,28)29)3-1-2-9-35-10-8-31-34-35/h4-8,10-13,15,30,33H,1-3,9,14H2. The summed E-state index contributed by atoms with van der Waals surface area (Å²) in [5, 5.41) is 12.2. The lowest BCUT2D eigenvalue weighted by atomic mass is 10.0. The number of alkyl halides is 3. The molecular formula is C25H22ClF3N6O. The molecule has 0 radical (unpaired) electrons. The van der Waals surface area contributed by atoms with Gasteiger partial charge in [0.2, 0.25) is 5.89 Å². The minimum absolute atomic E-state index is 0.212. The van der Waals surface area contributed by atoms with Gasteiger partial charge in [-0.25, -0.2) is 4.98 Å². The molecule has 36 heavy (non-hydrogen) atoms. The number of H-pyrrole nitrogens is 1. The lowest BCUT2D eigenvalue weighted by Crippen LogP contribution is -2.11. The van der Waals surface area contributed by atoms with E-state index in [-0.39, 0.29) is 12.1 Å². The second kappa shape index (κ2) is 10.1. The fraction of sp³-hybridized carbons (Fsp3) is 0.240. The van der Waals surface area contributed by atoms with Crippen LogP contribution in [0.2, 0.25) is 5.02 Å². The molecule has 0 spiro atoms. The quantitative estimate of drug-likeness (QED) is 0.213. The van der Waals surface area contributed by atoms with Gasteiger partial charge in [0.05, 0.1) is 24.0 Å². The van der Waals surface area contributed by atoms with Crippen LogP contribution in [0.4, 0.5) is 18.9 Å². The van der Waals surface area contributed by atoms with Crippen molar-refractivity contribution in [2.24, 2.45) is 0 Å². The number of anilines is 1. The predicted molar refractivity (Wildman–Crippen MR) is 131 cm³/mol. The normalized spacial score (nSPS) is 11.9. The first-order valence-electron chi connectivity index (χ1n) is 11.4. The number of rotatable bonds is 9. The van der Waals surface area contributed by atoms with Crippen molar-refractivity contribution in [3.63, 3.8) is 0 Å². The minimum Gasteiger partial charge on any atom is -0.443 e. The van der Waals surface area contributed by atoms with Crippen molar-refractivity contribution in [1.29, 1.82) is 0 Å². The van der Waals surface area contributed by atoms with E-state index in [1.165, 1.54) is 12.3 Å². The first kappa shape index (κ1) is 23.9. The average molecular weight is 515 g/mol. The topological polar surface area (TPSA) is 84.6 Å². The highest BCUT2D eigenvalue weighted by molar-refractivity contribution is 6.31. The van der Waals surface area contributed by atoms with Gasteiger partial charge in [-0.3, -0.25) is 4.68 Å². The fourth-order valence-electron chi connectivity index (χ4n) is 4.03. The third-order valence-corrected chi connectivity index (χ3v) is 6.04. The maximum atomic E-state index is 13.7. The third kappa shape index (κ3) is 5.54. The van der Waals surface area contributed by atoms with Gasteiger partial charge >= 0.3 is 6.18 Å². The second-order valence-corrected chi connectivity index (χ2v) is 8.84. The van der Waals surface area contributed by atoms with Crippen molar-refractivity contribution >= 4 is 28.2 Å². The molecule has 2 N–H and O–H groups in total. The summed E-state index contributed by atoms with van der Waals surface area (Å²) in [6, 6.07) is 11.7. The molecule has 0 saturated carbocycles. The summed E-state index contributed by atoms with van der Waals surface area (Å²) in [6.07, 6.45) is 1.98. The zero-order valence-electron chi connectivity index (χ0n) is 19.0. The number of unbranched alkanes of at least 4 members (excludes halogenated alkanes) is 1. The van der Waals surface area contributed by atoms with Crippen LogP contribution in [-0.2, 0) is 25.7 Å². The maximum Gasteiger partial charge on any atom is 0.416 e. The average Bonchev–Trinajstić information content (AvgIpc) is 3.61. The summed E-state index contributed by atoms with van der Waals surface area (Å²) in [4.78, 5) is 7.66. The summed E-state index contributed by atoms with van der Waals surface area (Å²) in [6.45, 7) is 0.830. The van der Waals surface area contributed by atoms with E-state index in [0.717, 1.165) is 17.0 Å². The monoisotopic (exact) mass is 514 g/mol. The van der Waals surface area contributed by atoms with Gasteiger partial charge in [-0.1, -0.05) is 22.9 Å². The van der Waals surface area contributed by atoms with Gasteiger partial charge in [-0.15, -0.1) is 5.10 Å². The van der Waals surface area contributed by atoms with Crippen molar-refractivity contribution < 1.29 is 17.6 Å². The molecule has 0 aliphatic heterocycles. The summed E-state index contributed by atoms with van der Waals surface area (Å²) < 4.78 is 48.5. The number of benzene rings is 2. The summed E-state index contributed by atoms with van der Waals surface area (Å²) in [5.74, 6) is 0.386. The Hall–Kier alpha value is -3.79. The maximum absolute atomic E-state index is 13.7. The Morgan fingerprint density at radius 3 is 2.78 bits per heavy atom. The molecule has 0 fully saturated rings. The molecule has 0 saturated heterocycles. The third-order valence-electron chi connectivity index (χ3n) is 5.81. The number of aromatic amines is 1. The van der Waals surface area contributed by atoms with Crippen LogP contribution in [0, 0.1) is 0 Å². The molecule has 2 aromatic carbocycles. The van der Waals surface area contributed by atoms with Crippen molar-refractivity contribution in [3.05, 3.63) is 83.0 Å². The van der Waals surface area contributed by atoms with E-state index >= 15 is 0 Å². The number of aryl methyl sites for hydroxylation is 2. The Labute approximate surface area is 209 Å². The molecule has 0 atom stereocenters. The van der Waals surface area contributed by atoms with Gasteiger partial charge in [-0.05, 0) is 61.2 Å². The number of hydrogen-bond donors (Lipinski definition) is 2. The van der Waals surface area contributed by atoms with E-state index in [1.807, 2.05) is 18.2 Å². The van der Waals surface area contributed by atoms with E-state index in [0.29, 0.717) is 53.8 Å². The van der Waals surface area contributed by atoms with Crippen LogP contribution in [0.3, 0.4) is 0 Å². The van der Waals surface area contributed by atoms with Crippen LogP contribution in [0.5, 0.6) is 0 Å². The van der Waals surface area contributed by atoms with Gasteiger partial charge in [0.1, 0.15) is 12.0 Å². The molecule has 3 heterocycles. The van der Waals surface area contributed by atoms with Crippen LogP contribution in [0.25, 0.3) is 22.5 Å². The van der Waals surface area contributed by atoms with Crippen LogP contribution < -0.4 is 5.32 Å². The highest BCUT2D eigenvalue weighted by Crippen LogP contribution is 2.35. The van der Waals surface area contributed by atoms with E-state index < -0.39 is 11.7 Å². The van der Waals surface area contributed by atoms with Gasteiger partial charge in [0, 0.05) is 34.4 Å². The summed E-state index contributed by atoms with van der Waals surface area (Å²) >= 11 is 6.04. The molecule has 0 aliphatic rings. The fourth-order valence-corrected chi connectivity index (χ4v) is 4.21. The van der Waals surface area contributed by atoms with Crippen LogP contribution in [0.1, 0.15) is 29.7 Å². The number of nitrogens with zero attached hydrogens (tertiary/aromatic N) is 4. The molecule has 5 rings (SSSR count). The first-order valence-corrected chi connectivity index (χ1v) is 11.7. The van der Waals surface area contributed by atoms with Crippen LogP contribution in [-0.4, -0.2) is 25.0 Å². The lowest BCUT2D eigenvalue weighted by Gasteiger charge is -2.15. The molecular weight excluding hydrogens is 493 g/mol. The number of fused-ring (bicyclic) bond motifs is 1. The second-order valence-electron chi connectivity index (χ2n) is 8.41. The number of oxazole rings is 1. The molecule has 5 aromatic rings. The molecule has 7 nitrogen and oxygen atoms in total. The Morgan fingerprint density at radius 2 is 1.97 bits per heavy atom. The first-order chi connectivity index (χ1) is 17.3. The van der Waals surface area contributed by atoms with Crippen molar-refractivity contribution in [2.45, 2.75) is 38.5 Å². The zero-order valence-corrected chi connectivity index (χ0v) is 19.8. The predicted octanol–water partition coefficient (Wildman–Crippen LogP) is 6.72. The Balaban J connectivity index is 1.23. The van der Waals surface area contributed by atoms with Gasteiger partial charge < -0.3 is 14.7 Å². The van der Waals surface area contributed by atoms with Crippen molar-refractivity contribution in [3.8, 4) is 11.6 Å². The van der Waals surface area contributed by atoms with E-state index in [9.17, 15) is 13.2 Å². The van der Waals surface area contributed by atoms with E-state index in [1.54, 1.807) is 29.2 Å². The largest absolute Gasteiger partial charge is 0.443 e.